The second-order valence-electron chi connectivity index (χ2n) is 13.8. The van der Waals surface area contributed by atoms with Crippen molar-refractivity contribution >= 4 is 29.5 Å². The molecule has 4 aliphatic heterocycles. The summed E-state index contributed by atoms with van der Waals surface area (Å²) in [6.45, 7) is 13.3. The summed E-state index contributed by atoms with van der Waals surface area (Å²) in [5.74, 6) is -0.766. The van der Waals surface area contributed by atoms with E-state index in [1.807, 2.05) is 27.7 Å². The summed E-state index contributed by atoms with van der Waals surface area (Å²) in [7, 11) is 0. The van der Waals surface area contributed by atoms with Gasteiger partial charge in [-0.15, -0.1) is 0 Å². The molecule has 0 spiro atoms. The first kappa shape index (κ1) is 29.9. The number of carbonyl (C=O) groups is 4. The smallest absolute Gasteiger partial charge is 0.410 e. The number of nitrogens with one attached hydrogen (secondary N) is 1. The Hall–Kier alpha value is -3.18. The number of hydrogen-bond acceptors (Lipinski definition) is 8. The predicted octanol–water partition coefficient (Wildman–Crippen LogP) is 2.83. The number of ether oxygens (including phenoxy) is 2. The Morgan fingerprint density at radius 2 is 1.63 bits per heavy atom. The number of benzene rings is 1. The first-order valence-electron chi connectivity index (χ1n) is 15.9. The normalized spacial score (nSPS) is 27.2. The van der Waals surface area contributed by atoms with E-state index in [9.17, 15) is 19.2 Å². The van der Waals surface area contributed by atoms with Crippen molar-refractivity contribution in [1.29, 1.82) is 0 Å². The second kappa shape index (κ2) is 11.7. The van der Waals surface area contributed by atoms with Crippen LogP contribution in [0.2, 0.25) is 0 Å². The molecule has 0 aromatic heterocycles. The molecule has 1 aromatic carbocycles. The first-order valence-corrected chi connectivity index (χ1v) is 15.9. The summed E-state index contributed by atoms with van der Waals surface area (Å²) in [4.78, 5) is 58.0. The standard InChI is InChI=1S/C32H45N5O6/c1-20-15-22(16-21-19-37(30(40)28(20)21)26-5-6-27(38)33-29(26)39)34-11-13-35(14-12-34)23-17-25(18-23)42-24-7-9-36(10-8-24)31(41)43-32(2,3)4/h15-16,23-26H,5-14,17-19H2,1-4H3,(H,33,38,39)/t23-,25-,26?. The molecular weight excluding hydrogens is 550 g/mol. The average Bonchev–Trinajstić information content (AvgIpc) is 3.26. The fraction of sp³-hybridized carbons (Fsp3) is 0.688. The van der Waals surface area contributed by atoms with Crippen LogP contribution in [0.3, 0.4) is 0 Å². The molecule has 3 saturated heterocycles. The molecule has 4 fully saturated rings. The Labute approximate surface area is 253 Å². The van der Waals surface area contributed by atoms with Gasteiger partial charge >= 0.3 is 6.09 Å². The van der Waals surface area contributed by atoms with Gasteiger partial charge < -0.3 is 24.2 Å². The molecule has 11 heteroatoms. The highest BCUT2D eigenvalue weighted by Gasteiger charge is 2.41. The van der Waals surface area contributed by atoms with Gasteiger partial charge in [0.2, 0.25) is 11.8 Å². The van der Waals surface area contributed by atoms with E-state index in [0.717, 1.165) is 68.7 Å². The third-order valence-corrected chi connectivity index (χ3v) is 9.55. The molecule has 1 saturated carbocycles. The SMILES string of the molecule is Cc1cc(N2CCN([C@H]3C[C@H](OC4CCN(C(=O)OC(C)(C)C)CC4)C3)CC2)cc2c1C(=O)N(C1CCC(=O)NC1=O)C2. The number of piperidine rings is 2. The van der Waals surface area contributed by atoms with Crippen molar-refractivity contribution in [3.8, 4) is 0 Å². The molecule has 0 radical (unpaired) electrons. The molecule has 1 unspecified atom stereocenters. The van der Waals surface area contributed by atoms with Crippen LogP contribution in [0, 0.1) is 6.92 Å². The van der Waals surface area contributed by atoms with Gasteiger partial charge in [0.15, 0.2) is 0 Å². The quantitative estimate of drug-likeness (QED) is 0.518. The molecule has 43 heavy (non-hydrogen) atoms. The van der Waals surface area contributed by atoms with Crippen LogP contribution < -0.4 is 10.2 Å². The molecule has 11 nitrogen and oxygen atoms in total. The Bertz CT molecular complexity index is 1270. The van der Waals surface area contributed by atoms with Gasteiger partial charge in [0.05, 0.1) is 12.2 Å². The Kier molecular flexibility index (Phi) is 8.14. The van der Waals surface area contributed by atoms with Crippen molar-refractivity contribution in [1.82, 2.24) is 20.0 Å². The van der Waals surface area contributed by atoms with Gasteiger partial charge in [-0.25, -0.2) is 4.79 Å². The Balaban J connectivity index is 0.953. The number of anilines is 1. The molecular formula is C32H45N5O6. The van der Waals surface area contributed by atoms with Crippen molar-refractivity contribution in [3.63, 3.8) is 0 Å². The lowest BCUT2D eigenvalue weighted by atomic mass is 9.87. The third-order valence-electron chi connectivity index (χ3n) is 9.55. The van der Waals surface area contributed by atoms with Crippen molar-refractivity contribution in [3.05, 3.63) is 28.8 Å². The topological polar surface area (TPSA) is 112 Å². The van der Waals surface area contributed by atoms with E-state index in [1.165, 1.54) is 0 Å². The van der Waals surface area contributed by atoms with Crippen molar-refractivity contribution in [2.24, 2.45) is 0 Å². The number of piperazine rings is 1. The summed E-state index contributed by atoms with van der Waals surface area (Å²) in [6.07, 6.45) is 4.74. The second-order valence-corrected chi connectivity index (χ2v) is 13.8. The summed E-state index contributed by atoms with van der Waals surface area (Å²) < 4.78 is 11.9. The van der Waals surface area contributed by atoms with E-state index in [4.69, 9.17) is 9.47 Å². The summed E-state index contributed by atoms with van der Waals surface area (Å²) in [5.41, 5.74) is 3.25. The number of fused-ring (bicyclic) bond motifs is 1. The van der Waals surface area contributed by atoms with Crippen LogP contribution >= 0.6 is 0 Å². The largest absolute Gasteiger partial charge is 0.444 e. The lowest BCUT2D eigenvalue weighted by Gasteiger charge is -2.47. The van der Waals surface area contributed by atoms with Gasteiger partial charge in [0, 0.05) is 69.5 Å². The van der Waals surface area contributed by atoms with Crippen molar-refractivity contribution in [2.45, 2.75) is 103 Å². The molecule has 0 bridgehead atoms. The van der Waals surface area contributed by atoms with Crippen LogP contribution in [-0.2, 0) is 25.6 Å². The summed E-state index contributed by atoms with van der Waals surface area (Å²) in [6, 6.07) is 4.17. The van der Waals surface area contributed by atoms with E-state index in [-0.39, 0.29) is 36.3 Å². The number of likely N-dealkylation sites (tertiary alicyclic amines) is 1. The number of rotatable bonds is 5. The van der Waals surface area contributed by atoms with Crippen LogP contribution in [0.15, 0.2) is 12.1 Å². The third kappa shape index (κ3) is 6.38. The maximum atomic E-state index is 13.2. The Morgan fingerprint density at radius 1 is 0.930 bits per heavy atom. The maximum absolute atomic E-state index is 13.2. The molecule has 1 aromatic rings. The first-order chi connectivity index (χ1) is 20.4. The minimum Gasteiger partial charge on any atom is -0.444 e. The average molecular weight is 596 g/mol. The maximum Gasteiger partial charge on any atom is 0.410 e. The van der Waals surface area contributed by atoms with Crippen molar-refractivity contribution in [2.75, 3.05) is 44.2 Å². The van der Waals surface area contributed by atoms with Crippen molar-refractivity contribution < 1.29 is 28.7 Å². The van der Waals surface area contributed by atoms with E-state index in [2.05, 4.69) is 27.2 Å². The molecule has 234 valence electrons. The van der Waals surface area contributed by atoms with E-state index < -0.39 is 11.6 Å². The number of hydrogen-bond donors (Lipinski definition) is 1. The van der Waals surface area contributed by atoms with E-state index >= 15 is 0 Å². The highest BCUT2D eigenvalue weighted by atomic mass is 16.6. The van der Waals surface area contributed by atoms with Gasteiger partial charge in [-0.05, 0) is 83.1 Å². The number of aryl methyl sites for hydroxylation is 1. The van der Waals surface area contributed by atoms with Crippen LogP contribution in [0.1, 0.15) is 80.8 Å². The number of carbonyl (C=O) groups excluding carboxylic acids is 4. The van der Waals surface area contributed by atoms with Crippen LogP contribution in [0.25, 0.3) is 0 Å². The minimum atomic E-state index is -0.593. The molecule has 1 aliphatic carbocycles. The van der Waals surface area contributed by atoms with Crippen LogP contribution in [0.4, 0.5) is 10.5 Å². The predicted molar refractivity (Wildman–Crippen MR) is 160 cm³/mol. The lowest BCUT2D eigenvalue weighted by molar-refractivity contribution is -0.136. The number of nitrogens with zero attached hydrogens (tertiary/aromatic N) is 4. The van der Waals surface area contributed by atoms with Crippen LogP contribution in [-0.4, -0.2) is 108 Å². The molecule has 6 rings (SSSR count). The number of imide groups is 1. The molecule has 4 heterocycles. The van der Waals surface area contributed by atoms with Crippen LogP contribution in [0.5, 0.6) is 0 Å². The minimum absolute atomic E-state index is 0.117. The summed E-state index contributed by atoms with van der Waals surface area (Å²) >= 11 is 0. The Morgan fingerprint density at radius 3 is 2.28 bits per heavy atom. The highest BCUT2D eigenvalue weighted by Crippen LogP contribution is 2.35. The number of amides is 4. The van der Waals surface area contributed by atoms with Gasteiger partial charge in [-0.1, -0.05) is 0 Å². The summed E-state index contributed by atoms with van der Waals surface area (Å²) in [5, 5.41) is 2.38. The van der Waals surface area contributed by atoms with E-state index in [1.54, 1.807) is 9.80 Å². The lowest BCUT2D eigenvalue weighted by Crippen LogP contribution is -2.56. The molecule has 1 atom stereocenters. The fourth-order valence-corrected chi connectivity index (χ4v) is 7.15. The fourth-order valence-electron chi connectivity index (χ4n) is 7.15. The monoisotopic (exact) mass is 595 g/mol. The van der Waals surface area contributed by atoms with Gasteiger partial charge in [-0.3, -0.25) is 24.6 Å². The zero-order valence-corrected chi connectivity index (χ0v) is 25.9. The van der Waals surface area contributed by atoms with E-state index in [0.29, 0.717) is 43.8 Å². The molecule has 4 amide bonds. The van der Waals surface area contributed by atoms with Gasteiger partial charge in [-0.2, -0.15) is 0 Å². The van der Waals surface area contributed by atoms with Gasteiger partial charge in [0.1, 0.15) is 11.6 Å². The zero-order chi connectivity index (χ0) is 30.5. The zero-order valence-electron chi connectivity index (χ0n) is 25.9. The highest BCUT2D eigenvalue weighted by molar-refractivity contribution is 6.06. The van der Waals surface area contributed by atoms with Gasteiger partial charge in [0.25, 0.3) is 5.91 Å². The molecule has 1 N–H and O–H groups in total. The molecule has 5 aliphatic rings.